The highest BCUT2D eigenvalue weighted by Gasteiger charge is 2.55. The number of carbonyl (C=O) groups excluding carboxylic acids is 1. The molecule has 1 unspecified atom stereocenters. The maximum absolute atomic E-state index is 12.7. The molecule has 0 bridgehead atoms. The second-order valence-electron chi connectivity index (χ2n) is 5.78. The van der Waals surface area contributed by atoms with E-state index in [1.165, 1.54) is 54.2 Å². The van der Waals surface area contributed by atoms with Crippen molar-refractivity contribution >= 4 is 45.0 Å². The van der Waals surface area contributed by atoms with Crippen LogP contribution in [0.4, 0.5) is 18.9 Å². The Kier molecular flexibility index (Phi) is 6.36. The maximum atomic E-state index is 12.7. The van der Waals surface area contributed by atoms with E-state index in [4.69, 9.17) is 16.7 Å². The summed E-state index contributed by atoms with van der Waals surface area (Å²) in [5.74, 6) is -1.67. The first-order valence-corrected chi connectivity index (χ1v) is 10.2. The fourth-order valence-electron chi connectivity index (χ4n) is 1.87. The summed E-state index contributed by atoms with van der Waals surface area (Å²) in [5, 5.41) is 16.3. The van der Waals surface area contributed by atoms with Crippen LogP contribution in [-0.4, -0.2) is 31.2 Å². The molecule has 0 saturated heterocycles. The molecule has 0 fully saturated rings. The summed E-state index contributed by atoms with van der Waals surface area (Å²) >= 11 is 7.20. The monoisotopic (exact) mass is 454 g/mol. The number of alkyl halides is 3. The molecule has 0 radical (unpaired) electrons. The van der Waals surface area contributed by atoms with Crippen LogP contribution in [0.3, 0.4) is 0 Å². The minimum absolute atomic E-state index is 0.0440. The molecule has 4 N–H and O–H groups in total. The number of anilines is 1. The van der Waals surface area contributed by atoms with Crippen LogP contribution in [-0.2, 0) is 14.8 Å². The van der Waals surface area contributed by atoms with Crippen LogP contribution in [0.2, 0.25) is 5.02 Å². The Morgan fingerprint density at radius 2 is 1.68 bits per heavy atom. The Bertz CT molecular complexity index is 994. The Hall–Kier alpha value is -1.79. The number of nitrogens with two attached hydrogens (primary N) is 1. The van der Waals surface area contributed by atoms with Gasteiger partial charge in [0.15, 0.2) is 0 Å². The highest BCUT2D eigenvalue weighted by molar-refractivity contribution is 7.99. The van der Waals surface area contributed by atoms with Crippen molar-refractivity contribution in [3.63, 3.8) is 0 Å². The van der Waals surface area contributed by atoms with E-state index < -0.39 is 27.7 Å². The third-order valence-corrected chi connectivity index (χ3v) is 5.81. The standard InChI is InChI=1S/C16H14ClF3N2O4S2/c1-15(24,16(18,19)20)14(23)22-13-7-4-10(8-12(13)17)27-9-2-5-11(6-3-9)28(21,25)26/h2-8,24H,1H3,(H,22,23)(H2,21,25,26). The molecule has 28 heavy (non-hydrogen) atoms. The molecule has 0 spiro atoms. The number of carbonyl (C=O) groups is 1. The molecule has 2 rings (SSSR count). The average molecular weight is 455 g/mol. The fraction of sp³-hybridized carbons (Fsp3) is 0.188. The molecule has 0 aliphatic heterocycles. The van der Waals surface area contributed by atoms with E-state index in [2.05, 4.69) is 0 Å². The zero-order valence-electron chi connectivity index (χ0n) is 14.1. The van der Waals surface area contributed by atoms with Crippen molar-refractivity contribution in [3.8, 4) is 0 Å². The molecular formula is C16H14ClF3N2O4S2. The summed E-state index contributed by atoms with van der Waals surface area (Å²) in [6, 6.07) is 9.87. The molecule has 0 aliphatic rings. The molecule has 0 saturated carbocycles. The van der Waals surface area contributed by atoms with Gasteiger partial charge in [-0.05, 0) is 49.4 Å². The summed E-state index contributed by atoms with van der Waals surface area (Å²) in [6.45, 7) is 0.339. The van der Waals surface area contributed by atoms with E-state index in [1.54, 1.807) is 0 Å². The lowest BCUT2D eigenvalue weighted by atomic mass is 10.1. The summed E-state index contributed by atoms with van der Waals surface area (Å²) in [7, 11) is -3.81. The van der Waals surface area contributed by atoms with Crippen molar-refractivity contribution < 1.29 is 31.5 Å². The van der Waals surface area contributed by atoms with Gasteiger partial charge in [0, 0.05) is 9.79 Å². The minimum Gasteiger partial charge on any atom is -0.373 e. The summed E-state index contributed by atoms with van der Waals surface area (Å²) < 4.78 is 60.6. The zero-order valence-corrected chi connectivity index (χ0v) is 16.5. The van der Waals surface area contributed by atoms with Crippen LogP contribution < -0.4 is 10.5 Å². The number of benzene rings is 2. The topological polar surface area (TPSA) is 109 Å². The lowest BCUT2D eigenvalue weighted by Crippen LogP contribution is -2.52. The van der Waals surface area contributed by atoms with E-state index in [9.17, 15) is 31.5 Å². The quantitative estimate of drug-likeness (QED) is 0.641. The molecule has 152 valence electrons. The average Bonchev–Trinajstić information content (AvgIpc) is 2.56. The van der Waals surface area contributed by atoms with Crippen LogP contribution >= 0.6 is 23.4 Å². The van der Waals surface area contributed by atoms with Crippen molar-refractivity contribution in [3.05, 3.63) is 47.5 Å². The molecule has 2 aromatic rings. The van der Waals surface area contributed by atoms with Crippen LogP contribution in [0, 0.1) is 0 Å². The number of aliphatic hydroxyl groups is 1. The highest BCUT2D eigenvalue weighted by atomic mass is 35.5. The van der Waals surface area contributed by atoms with Gasteiger partial charge in [0.1, 0.15) is 0 Å². The molecule has 0 aliphatic carbocycles. The van der Waals surface area contributed by atoms with Gasteiger partial charge in [0.25, 0.3) is 5.91 Å². The van der Waals surface area contributed by atoms with Crippen LogP contribution in [0.5, 0.6) is 0 Å². The van der Waals surface area contributed by atoms with E-state index in [0.717, 1.165) is 0 Å². The van der Waals surface area contributed by atoms with E-state index in [-0.39, 0.29) is 15.6 Å². The summed E-state index contributed by atoms with van der Waals surface area (Å²) in [6.07, 6.45) is -5.15. The lowest BCUT2D eigenvalue weighted by molar-refractivity contribution is -0.242. The molecule has 1 atom stereocenters. The minimum atomic E-state index is -5.15. The maximum Gasteiger partial charge on any atom is 0.426 e. The largest absolute Gasteiger partial charge is 0.426 e. The fourth-order valence-corrected chi connectivity index (χ4v) is 3.53. The Morgan fingerprint density at radius 1 is 1.14 bits per heavy atom. The van der Waals surface area contributed by atoms with Crippen LogP contribution in [0.25, 0.3) is 0 Å². The number of primary sulfonamides is 1. The molecular weight excluding hydrogens is 441 g/mol. The van der Waals surface area contributed by atoms with Crippen molar-refractivity contribution in [2.45, 2.75) is 33.4 Å². The van der Waals surface area contributed by atoms with Gasteiger partial charge >= 0.3 is 6.18 Å². The third-order valence-electron chi connectivity index (χ3n) is 3.57. The first-order chi connectivity index (χ1) is 12.7. The van der Waals surface area contributed by atoms with Crippen molar-refractivity contribution in [2.75, 3.05) is 5.32 Å². The lowest BCUT2D eigenvalue weighted by Gasteiger charge is -2.25. The van der Waals surface area contributed by atoms with Gasteiger partial charge in [-0.15, -0.1) is 0 Å². The molecule has 2 aromatic carbocycles. The smallest absolute Gasteiger partial charge is 0.373 e. The van der Waals surface area contributed by atoms with E-state index in [1.807, 2.05) is 5.32 Å². The van der Waals surface area contributed by atoms with Crippen LogP contribution in [0.15, 0.2) is 57.2 Å². The number of sulfonamides is 1. The van der Waals surface area contributed by atoms with Crippen molar-refractivity contribution in [2.24, 2.45) is 5.14 Å². The predicted molar refractivity (Wildman–Crippen MR) is 98.7 cm³/mol. The molecule has 0 aromatic heterocycles. The van der Waals surface area contributed by atoms with E-state index in [0.29, 0.717) is 16.7 Å². The van der Waals surface area contributed by atoms with Crippen molar-refractivity contribution in [1.82, 2.24) is 0 Å². The van der Waals surface area contributed by atoms with Gasteiger partial charge in [0.2, 0.25) is 15.6 Å². The third kappa shape index (κ3) is 5.17. The Labute approximate surface area is 167 Å². The number of amides is 1. The van der Waals surface area contributed by atoms with Gasteiger partial charge in [-0.1, -0.05) is 23.4 Å². The predicted octanol–water partition coefficient (Wildman–Crippen LogP) is 3.39. The van der Waals surface area contributed by atoms with Crippen molar-refractivity contribution in [1.29, 1.82) is 0 Å². The highest BCUT2D eigenvalue weighted by Crippen LogP contribution is 2.35. The van der Waals surface area contributed by atoms with Crippen LogP contribution in [0.1, 0.15) is 6.92 Å². The van der Waals surface area contributed by atoms with Gasteiger partial charge in [-0.25, -0.2) is 13.6 Å². The van der Waals surface area contributed by atoms with E-state index >= 15 is 0 Å². The Morgan fingerprint density at radius 3 is 2.14 bits per heavy atom. The normalized spacial score (nSPS) is 14.4. The summed E-state index contributed by atoms with van der Waals surface area (Å²) in [4.78, 5) is 12.9. The molecule has 6 nitrogen and oxygen atoms in total. The number of hydrogen-bond acceptors (Lipinski definition) is 5. The number of nitrogens with one attached hydrogen (secondary N) is 1. The van der Waals surface area contributed by atoms with Gasteiger partial charge in [-0.3, -0.25) is 4.79 Å². The first-order valence-electron chi connectivity index (χ1n) is 7.42. The zero-order chi connectivity index (χ0) is 21.3. The molecule has 0 heterocycles. The summed E-state index contributed by atoms with van der Waals surface area (Å²) in [5.41, 5.74) is -3.68. The Balaban J connectivity index is 2.15. The first kappa shape index (κ1) is 22.5. The number of hydrogen-bond donors (Lipinski definition) is 3. The SMILES string of the molecule is CC(O)(C(=O)Nc1ccc(Sc2ccc(S(N)(=O)=O)cc2)cc1Cl)C(F)(F)F. The second-order valence-corrected chi connectivity index (χ2v) is 8.90. The second kappa shape index (κ2) is 7.91. The number of rotatable bonds is 5. The van der Waals surface area contributed by atoms with Gasteiger partial charge < -0.3 is 10.4 Å². The molecule has 12 heteroatoms. The van der Waals surface area contributed by atoms with Gasteiger partial charge in [0.05, 0.1) is 15.6 Å². The van der Waals surface area contributed by atoms with Gasteiger partial charge in [-0.2, -0.15) is 13.2 Å². The number of halogens is 4. The molecule has 1 amide bonds.